The lowest BCUT2D eigenvalue weighted by molar-refractivity contribution is -0.237. The minimum Gasteiger partial charge on any atom is -0.361 e. The van der Waals surface area contributed by atoms with Crippen LogP contribution in [0.25, 0.3) is 0 Å². The maximum absolute atomic E-state index is 11.4. The summed E-state index contributed by atoms with van der Waals surface area (Å²) in [6.07, 6.45) is -1.17. The molecule has 0 amide bonds. The van der Waals surface area contributed by atoms with E-state index in [1.807, 2.05) is 0 Å². The highest BCUT2D eigenvalue weighted by atomic mass is 16.9. The first-order chi connectivity index (χ1) is 7.61. The quantitative estimate of drug-likeness (QED) is 0.743. The first-order valence-corrected chi connectivity index (χ1v) is 5.42. The summed E-state index contributed by atoms with van der Waals surface area (Å²) < 4.78 is 15.9. The molecular formula is C11H16O6. The number of rotatable bonds is 2. The number of carbonyl (C=O) groups is 2. The van der Waals surface area contributed by atoms with E-state index in [1.54, 1.807) is 6.92 Å². The standard InChI is InChI=1S/C11H16O6/c1-6(12)9(3)5-11(14)8(15-9)16-10(4,17-11)7(2)13/h8,14H,5H2,1-4H3. The lowest BCUT2D eigenvalue weighted by atomic mass is 9.95. The highest BCUT2D eigenvalue weighted by molar-refractivity contribution is 5.85. The number of ether oxygens (including phenoxy) is 3. The van der Waals surface area contributed by atoms with Gasteiger partial charge in [-0.05, 0) is 20.8 Å². The Labute approximate surface area is 98.8 Å². The van der Waals surface area contributed by atoms with Gasteiger partial charge in [-0.3, -0.25) is 9.59 Å². The van der Waals surface area contributed by atoms with Gasteiger partial charge in [0.05, 0.1) is 0 Å². The molecule has 2 saturated heterocycles. The first-order valence-electron chi connectivity index (χ1n) is 5.42. The lowest BCUT2D eigenvalue weighted by Gasteiger charge is -2.27. The Morgan fingerprint density at radius 3 is 2.18 bits per heavy atom. The molecule has 17 heavy (non-hydrogen) atoms. The fourth-order valence-corrected chi connectivity index (χ4v) is 2.06. The van der Waals surface area contributed by atoms with Gasteiger partial charge in [0, 0.05) is 13.3 Å². The van der Waals surface area contributed by atoms with E-state index in [1.165, 1.54) is 20.8 Å². The Morgan fingerprint density at radius 1 is 1.18 bits per heavy atom. The zero-order valence-corrected chi connectivity index (χ0v) is 10.3. The lowest BCUT2D eigenvalue weighted by Crippen LogP contribution is -2.43. The van der Waals surface area contributed by atoms with Crippen LogP contribution in [-0.4, -0.2) is 40.1 Å². The molecule has 2 fully saturated rings. The molecule has 2 rings (SSSR count). The van der Waals surface area contributed by atoms with Crippen LogP contribution >= 0.6 is 0 Å². The molecule has 0 saturated carbocycles. The fourth-order valence-electron chi connectivity index (χ4n) is 2.06. The maximum Gasteiger partial charge on any atom is 0.230 e. The number of fused-ring (bicyclic) bond motifs is 1. The molecule has 6 nitrogen and oxygen atoms in total. The van der Waals surface area contributed by atoms with E-state index in [-0.39, 0.29) is 18.0 Å². The van der Waals surface area contributed by atoms with Gasteiger partial charge in [0.2, 0.25) is 17.9 Å². The van der Waals surface area contributed by atoms with Gasteiger partial charge in [0.25, 0.3) is 0 Å². The number of hydrogen-bond acceptors (Lipinski definition) is 6. The van der Waals surface area contributed by atoms with Gasteiger partial charge < -0.3 is 19.3 Å². The second-order valence-corrected chi connectivity index (χ2v) is 4.98. The number of carbonyl (C=O) groups excluding carboxylic acids is 2. The summed E-state index contributed by atoms with van der Waals surface area (Å²) in [5.41, 5.74) is -1.14. The second-order valence-electron chi connectivity index (χ2n) is 4.98. The van der Waals surface area contributed by atoms with Crippen molar-refractivity contribution in [1.29, 1.82) is 0 Å². The monoisotopic (exact) mass is 244 g/mol. The second kappa shape index (κ2) is 3.35. The number of hydrogen-bond donors (Lipinski definition) is 1. The van der Waals surface area contributed by atoms with E-state index in [9.17, 15) is 14.7 Å². The molecule has 2 aliphatic heterocycles. The molecule has 0 spiro atoms. The highest BCUT2D eigenvalue weighted by Gasteiger charge is 2.66. The Kier molecular flexibility index (Phi) is 2.49. The van der Waals surface area contributed by atoms with Crippen molar-refractivity contribution in [2.75, 3.05) is 0 Å². The van der Waals surface area contributed by atoms with Gasteiger partial charge in [-0.15, -0.1) is 0 Å². The first kappa shape index (κ1) is 12.6. The summed E-state index contributed by atoms with van der Waals surface area (Å²) in [5, 5.41) is 10.2. The molecule has 0 aromatic rings. The topological polar surface area (TPSA) is 82.1 Å². The van der Waals surface area contributed by atoms with Gasteiger partial charge in [0.1, 0.15) is 5.60 Å². The van der Waals surface area contributed by atoms with Gasteiger partial charge in [-0.25, -0.2) is 0 Å². The third kappa shape index (κ3) is 1.72. The van der Waals surface area contributed by atoms with Crippen LogP contribution in [0.5, 0.6) is 0 Å². The molecule has 4 atom stereocenters. The molecule has 6 heteroatoms. The molecule has 2 heterocycles. The SMILES string of the molecule is CC(=O)C1(C)CC2(O)OC(C)(C(C)=O)OC2O1. The van der Waals surface area contributed by atoms with Crippen LogP contribution in [-0.2, 0) is 23.8 Å². The van der Waals surface area contributed by atoms with Crippen LogP contribution in [0.2, 0.25) is 0 Å². The van der Waals surface area contributed by atoms with Crippen molar-refractivity contribution in [3.8, 4) is 0 Å². The van der Waals surface area contributed by atoms with Crippen molar-refractivity contribution in [3.63, 3.8) is 0 Å². The number of aliphatic hydroxyl groups is 1. The van der Waals surface area contributed by atoms with E-state index < -0.39 is 23.5 Å². The third-order valence-corrected chi connectivity index (χ3v) is 3.41. The highest BCUT2D eigenvalue weighted by Crippen LogP contribution is 2.48. The van der Waals surface area contributed by atoms with Gasteiger partial charge in [0.15, 0.2) is 11.6 Å². The van der Waals surface area contributed by atoms with Crippen molar-refractivity contribution >= 4 is 11.6 Å². The minimum atomic E-state index is -1.75. The molecule has 0 aromatic carbocycles. The number of ketones is 2. The van der Waals surface area contributed by atoms with Crippen LogP contribution in [0.3, 0.4) is 0 Å². The summed E-state index contributed by atoms with van der Waals surface area (Å²) in [6, 6.07) is 0. The maximum atomic E-state index is 11.4. The van der Waals surface area contributed by atoms with Crippen LogP contribution in [0.4, 0.5) is 0 Å². The van der Waals surface area contributed by atoms with E-state index in [2.05, 4.69) is 0 Å². The van der Waals surface area contributed by atoms with Crippen molar-refractivity contribution < 1.29 is 28.9 Å². The zero-order chi connectivity index (χ0) is 13.1. The Bertz CT molecular complexity index is 359. The van der Waals surface area contributed by atoms with Crippen molar-refractivity contribution in [3.05, 3.63) is 0 Å². The third-order valence-electron chi connectivity index (χ3n) is 3.41. The molecule has 0 bridgehead atoms. The van der Waals surface area contributed by atoms with Crippen LogP contribution < -0.4 is 0 Å². The van der Waals surface area contributed by atoms with Gasteiger partial charge >= 0.3 is 0 Å². The van der Waals surface area contributed by atoms with Gasteiger partial charge in [-0.1, -0.05) is 0 Å². The van der Waals surface area contributed by atoms with E-state index >= 15 is 0 Å². The van der Waals surface area contributed by atoms with E-state index in [0.717, 1.165) is 0 Å². The molecule has 0 radical (unpaired) electrons. The summed E-state index contributed by atoms with van der Waals surface area (Å²) in [4.78, 5) is 22.8. The Balaban J connectivity index is 2.24. The fraction of sp³-hybridized carbons (Fsp3) is 0.818. The molecule has 0 aromatic heterocycles. The minimum absolute atomic E-state index is 0.0527. The molecular weight excluding hydrogens is 228 g/mol. The van der Waals surface area contributed by atoms with Gasteiger partial charge in [-0.2, -0.15) is 0 Å². The molecule has 4 unspecified atom stereocenters. The number of Topliss-reactive ketones (excluding diaryl/α,β-unsaturated/α-hetero) is 2. The van der Waals surface area contributed by atoms with Crippen LogP contribution in [0.1, 0.15) is 34.1 Å². The Morgan fingerprint density at radius 2 is 1.76 bits per heavy atom. The van der Waals surface area contributed by atoms with Crippen molar-refractivity contribution in [1.82, 2.24) is 0 Å². The zero-order valence-electron chi connectivity index (χ0n) is 10.3. The predicted octanol–water partition coefficient (Wildman–Crippen LogP) is 0.121. The smallest absolute Gasteiger partial charge is 0.230 e. The summed E-state index contributed by atoms with van der Waals surface area (Å²) in [7, 11) is 0. The predicted molar refractivity (Wildman–Crippen MR) is 54.8 cm³/mol. The summed E-state index contributed by atoms with van der Waals surface area (Å²) in [5.74, 6) is -3.86. The Hall–Kier alpha value is -0.820. The largest absolute Gasteiger partial charge is 0.361 e. The molecule has 1 N–H and O–H groups in total. The normalized spacial score (nSPS) is 49.1. The average Bonchev–Trinajstić information content (AvgIpc) is 2.50. The van der Waals surface area contributed by atoms with E-state index in [0.29, 0.717) is 0 Å². The molecule has 2 aliphatic rings. The summed E-state index contributed by atoms with van der Waals surface area (Å²) in [6.45, 7) is 5.65. The van der Waals surface area contributed by atoms with Crippen LogP contribution in [0.15, 0.2) is 0 Å². The van der Waals surface area contributed by atoms with Crippen molar-refractivity contribution in [2.45, 2.75) is 57.6 Å². The molecule has 96 valence electrons. The van der Waals surface area contributed by atoms with Crippen molar-refractivity contribution in [2.24, 2.45) is 0 Å². The molecule has 0 aliphatic carbocycles. The van der Waals surface area contributed by atoms with Crippen LogP contribution in [0, 0.1) is 0 Å². The average molecular weight is 244 g/mol. The van der Waals surface area contributed by atoms with E-state index in [4.69, 9.17) is 14.2 Å². The summed E-state index contributed by atoms with van der Waals surface area (Å²) >= 11 is 0.